The summed E-state index contributed by atoms with van der Waals surface area (Å²) in [4.78, 5) is 20.7. The van der Waals surface area contributed by atoms with Crippen LogP contribution in [-0.2, 0) is 4.74 Å². The number of amides is 4. The lowest BCUT2D eigenvalue weighted by Gasteiger charge is -2.16. The van der Waals surface area contributed by atoms with Crippen LogP contribution in [0.25, 0.3) is 0 Å². The van der Waals surface area contributed by atoms with Gasteiger partial charge in [0.1, 0.15) is 6.17 Å². The molecule has 70 valence electrons. The van der Waals surface area contributed by atoms with Gasteiger partial charge in [0.2, 0.25) is 0 Å². The SMILES string of the molecule is COCC(NC(N)=O)NC(N)=O. The van der Waals surface area contributed by atoms with E-state index in [-0.39, 0.29) is 6.61 Å². The number of hydrogen-bond acceptors (Lipinski definition) is 3. The van der Waals surface area contributed by atoms with Gasteiger partial charge in [-0.3, -0.25) is 0 Å². The molecule has 0 aliphatic rings. The molecule has 0 saturated heterocycles. The van der Waals surface area contributed by atoms with Crippen molar-refractivity contribution in [3.8, 4) is 0 Å². The molecule has 12 heavy (non-hydrogen) atoms. The van der Waals surface area contributed by atoms with Gasteiger partial charge in [0.05, 0.1) is 6.61 Å². The zero-order valence-corrected chi connectivity index (χ0v) is 6.66. The predicted octanol–water partition coefficient (Wildman–Crippen LogP) is -1.70. The summed E-state index contributed by atoms with van der Waals surface area (Å²) in [6.07, 6.45) is -0.690. The normalized spacial score (nSPS) is 9.50. The Labute approximate surface area is 69.4 Å². The molecule has 7 nitrogen and oxygen atoms in total. The minimum Gasteiger partial charge on any atom is -0.381 e. The van der Waals surface area contributed by atoms with Crippen LogP contribution in [0.5, 0.6) is 0 Å². The summed E-state index contributed by atoms with van der Waals surface area (Å²) in [5, 5.41) is 4.43. The monoisotopic (exact) mass is 176 g/mol. The molecule has 0 saturated carbocycles. The van der Waals surface area contributed by atoms with Crippen LogP contribution in [0.15, 0.2) is 0 Å². The van der Waals surface area contributed by atoms with Crippen molar-refractivity contribution in [3.05, 3.63) is 0 Å². The number of nitrogens with two attached hydrogens (primary N) is 2. The van der Waals surface area contributed by atoms with E-state index < -0.39 is 18.2 Å². The van der Waals surface area contributed by atoms with Crippen LogP contribution < -0.4 is 22.1 Å². The van der Waals surface area contributed by atoms with Gasteiger partial charge in [-0.05, 0) is 0 Å². The lowest BCUT2D eigenvalue weighted by Crippen LogP contribution is -2.53. The molecule has 0 unspecified atom stereocenters. The van der Waals surface area contributed by atoms with Crippen LogP contribution in [-0.4, -0.2) is 31.9 Å². The van der Waals surface area contributed by atoms with Crippen LogP contribution in [0.2, 0.25) is 0 Å². The Kier molecular flexibility index (Phi) is 4.54. The second-order valence-electron chi connectivity index (χ2n) is 2.03. The Morgan fingerprint density at radius 3 is 2.00 bits per heavy atom. The molecule has 0 radical (unpaired) electrons. The summed E-state index contributed by atoms with van der Waals surface area (Å²) in [5.74, 6) is 0. The molecular weight excluding hydrogens is 164 g/mol. The van der Waals surface area contributed by atoms with Crippen molar-refractivity contribution in [1.29, 1.82) is 0 Å². The number of methoxy groups -OCH3 is 1. The molecule has 0 aliphatic heterocycles. The van der Waals surface area contributed by atoms with E-state index in [9.17, 15) is 9.59 Å². The molecule has 0 aromatic rings. The maximum Gasteiger partial charge on any atom is 0.313 e. The molecule has 0 atom stereocenters. The van der Waals surface area contributed by atoms with E-state index in [0.29, 0.717) is 0 Å². The molecule has 0 spiro atoms. The number of ether oxygens (including phenoxy) is 1. The third-order valence-electron chi connectivity index (χ3n) is 0.966. The molecule has 6 N–H and O–H groups in total. The summed E-state index contributed by atoms with van der Waals surface area (Å²) < 4.78 is 4.67. The number of urea groups is 2. The minimum atomic E-state index is -0.759. The van der Waals surface area contributed by atoms with Crippen molar-refractivity contribution in [2.45, 2.75) is 6.17 Å². The van der Waals surface area contributed by atoms with E-state index in [1.165, 1.54) is 7.11 Å². The first-order valence-electron chi connectivity index (χ1n) is 3.17. The number of nitrogens with one attached hydrogen (secondary N) is 2. The molecule has 0 aliphatic carbocycles. The summed E-state index contributed by atoms with van der Waals surface area (Å²) in [7, 11) is 1.42. The fourth-order valence-corrected chi connectivity index (χ4v) is 0.630. The highest BCUT2D eigenvalue weighted by Gasteiger charge is 2.10. The second kappa shape index (κ2) is 5.19. The van der Waals surface area contributed by atoms with Gasteiger partial charge in [-0.1, -0.05) is 0 Å². The van der Waals surface area contributed by atoms with Gasteiger partial charge < -0.3 is 26.8 Å². The highest BCUT2D eigenvalue weighted by molar-refractivity contribution is 5.75. The van der Waals surface area contributed by atoms with Crippen molar-refractivity contribution in [2.75, 3.05) is 13.7 Å². The Morgan fingerprint density at radius 2 is 1.75 bits per heavy atom. The van der Waals surface area contributed by atoms with Crippen molar-refractivity contribution < 1.29 is 14.3 Å². The fraction of sp³-hybridized carbons (Fsp3) is 0.600. The first kappa shape index (κ1) is 10.5. The molecule has 0 aromatic carbocycles. The third-order valence-corrected chi connectivity index (χ3v) is 0.966. The van der Waals surface area contributed by atoms with E-state index in [1.54, 1.807) is 0 Å². The van der Waals surface area contributed by atoms with Crippen molar-refractivity contribution in [2.24, 2.45) is 11.5 Å². The zero-order chi connectivity index (χ0) is 9.56. The number of primary amides is 2. The molecule has 0 bridgehead atoms. The van der Waals surface area contributed by atoms with Crippen molar-refractivity contribution >= 4 is 12.1 Å². The minimum absolute atomic E-state index is 0.103. The van der Waals surface area contributed by atoms with E-state index in [4.69, 9.17) is 11.5 Å². The molecule has 4 amide bonds. The largest absolute Gasteiger partial charge is 0.381 e. The van der Waals surface area contributed by atoms with Gasteiger partial charge in [-0.25, -0.2) is 9.59 Å². The van der Waals surface area contributed by atoms with Gasteiger partial charge in [-0.15, -0.1) is 0 Å². The Balaban J connectivity index is 3.85. The summed E-state index contributed by atoms with van der Waals surface area (Å²) in [6, 6.07) is -1.52. The molecule has 0 aromatic heterocycles. The summed E-state index contributed by atoms with van der Waals surface area (Å²) in [5.41, 5.74) is 9.60. The topological polar surface area (TPSA) is 119 Å². The Morgan fingerprint density at radius 1 is 1.33 bits per heavy atom. The fourth-order valence-electron chi connectivity index (χ4n) is 0.630. The average molecular weight is 176 g/mol. The number of hydrogen-bond donors (Lipinski definition) is 4. The molecule has 7 heteroatoms. The first-order valence-corrected chi connectivity index (χ1v) is 3.17. The molecule has 0 fully saturated rings. The Hall–Kier alpha value is -1.50. The standard InChI is InChI=1S/C5H12N4O3/c1-12-2-3(8-4(6)10)9-5(7)11/h3H,2H2,1H3,(H3,6,8,10)(H3,7,9,11). The highest BCUT2D eigenvalue weighted by Crippen LogP contribution is 1.78. The third kappa shape index (κ3) is 5.30. The summed E-state index contributed by atoms with van der Waals surface area (Å²) >= 11 is 0. The number of rotatable bonds is 4. The Bertz CT molecular complexity index is 156. The lowest BCUT2D eigenvalue weighted by atomic mass is 10.5. The smallest absolute Gasteiger partial charge is 0.313 e. The molecule has 0 heterocycles. The zero-order valence-electron chi connectivity index (χ0n) is 6.66. The van der Waals surface area contributed by atoms with Crippen LogP contribution in [0.1, 0.15) is 0 Å². The molecule has 0 rings (SSSR count). The van der Waals surface area contributed by atoms with Gasteiger partial charge in [0.15, 0.2) is 0 Å². The van der Waals surface area contributed by atoms with Crippen LogP contribution >= 0.6 is 0 Å². The van der Waals surface area contributed by atoms with Crippen LogP contribution in [0, 0.1) is 0 Å². The van der Waals surface area contributed by atoms with Gasteiger partial charge in [-0.2, -0.15) is 0 Å². The second-order valence-corrected chi connectivity index (χ2v) is 2.03. The molecular formula is C5H12N4O3. The maximum atomic E-state index is 10.3. The van der Waals surface area contributed by atoms with Crippen LogP contribution in [0.4, 0.5) is 9.59 Å². The van der Waals surface area contributed by atoms with Gasteiger partial charge >= 0.3 is 12.1 Å². The van der Waals surface area contributed by atoms with Crippen LogP contribution in [0.3, 0.4) is 0 Å². The summed E-state index contributed by atoms with van der Waals surface area (Å²) in [6.45, 7) is 0.103. The van der Waals surface area contributed by atoms with E-state index in [1.807, 2.05) is 0 Å². The van der Waals surface area contributed by atoms with E-state index in [0.717, 1.165) is 0 Å². The quantitative estimate of drug-likeness (QED) is 0.382. The van der Waals surface area contributed by atoms with Crippen molar-refractivity contribution in [3.63, 3.8) is 0 Å². The maximum absolute atomic E-state index is 10.3. The number of carbonyl (C=O) groups excluding carboxylic acids is 2. The lowest BCUT2D eigenvalue weighted by molar-refractivity contribution is 0.155. The van der Waals surface area contributed by atoms with Crippen molar-refractivity contribution in [1.82, 2.24) is 10.6 Å². The van der Waals surface area contributed by atoms with Gasteiger partial charge in [0.25, 0.3) is 0 Å². The predicted molar refractivity (Wildman–Crippen MR) is 41.1 cm³/mol. The number of carbonyl (C=O) groups is 2. The van der Waals surface area contributed by atoms with E-state index >= 15 is 0 Å². The average Bonchev–Trinajstić information content (AvgIpc) is 1.84. The van der Waals surface area contributed by atoms with Gasteiger partial charge in [0, 0.05) is 7.11 Å². The van der Waals surface area contributed by atoms with E-state index in [2.05, 4.69) is 15.4 Å². The first-order chi connectivity index (χ1) is 5.56. The highest BCUT2D eigenvalue weighted by atomic mass is 16.5.